The Bertz CT molecular complexity index is 335. The first-order valence-electron chi connectivity index (χ1n) is 7.41. The number of hydrogen-bond acceptors (Lipinski definition) is 6. The van der Waals surface area contributed by atoms with Crippen molar-refractivity contribution in [2.24, 2.45) is 0 Å². The quantitative estimate of drug-likeness (QED) is 0.262. The third kappa shape index (κ3) is 16.4. The highest BCUT2D eigenvalue weighted by Gasteiger charge is 2.31. The molecule has 0 aromatic carbocycles. The Labute approximate surface area is 131 Å². The summed E-state index contributed by atoms with van der Waals surface area (Å²) in [6, 6.07) is 0. The molecule has 0 spiro atoms. The van der Waals surface area contributed by atoms with E-state index in [0.29, 0.717) is 6.42 Å². The van der Waals surface area contributed by atoms with E-state index in [2.05, 4.69) is 43.1 Å². The Balaban J connectivity index is 0. The molecule has 0 amide bonds. The van der Waals surface area contributed by atoms with E-state index >= 15 is 0 Å². The van der Waals surface area contributed by atoms with E-state index in [1.54, 1.807) is 0 Å². The van der Waals surface area contributed by atoms with Crippen LogP contribution in [0.4, 0.5) is 0 Å². The van der Waals surface area contributed by atoms with Crippen molar-refractivity contribution in [2.45, 2.75) is 46.5 Å². The molecule has 0 aliphatic carbocycles. The molecule has 0 bridgehead atoms. The van der Waals surface area contributed by atoms with Crippen molar-refractivity contribution in [2.75, 3.05) is 40.1 Å². The van der Waals surface area contributed by atoms with Crippen molar-refractivity contribution in [3.8, 4) is 0 Å². The van der Waals surface area contributed by atoms with Gasteiger partial charge in [-0.2, -0.15) is 4.67 Å². The Morgan fingerprint density at radius 1 is 1.05 bits per heavy atom. The van der Waals surface area contributed by atoms with Gasteiger partial charge in [-0.3, -0.25) is 4.18 Å². The van der Waals surface area contributed by atoms with E-state index in [-0.39, 0.29) is 6.61 Å². The van der Waals surface area contributed by atoms with Gasteiger partial charge >= 0.3 is 0 Å². The van der Waals surface area contributed by atoms with Gasteiger partial charge in [-0.15, -0.1) is 0 Å². The number of hydrogen-bond donors (Lipinski definition) is 0. The minimum Gasteiger partial charge on any atom is -0.726 e. The van der Waals surface area contributed by atoms with Gasteiger partial charge in [0, 0.05) is 13.6 Å². The predicted octanol–water partition coefficient (Wildman–Crippen LogP) is 3.13. The molecule has 0 aliphatic rings. The second-order valence-electron chi connectivity index (χ2n) is 5.04. The van der Waals surface area contributed by atoms with Crippen molar-refractivity contribution in [3.63, 3.8) is 0 Å². The summed E-state index contributed by atoms with van der Waals surface area (Å²) in [7, 11) is -3.54. The molecule has 0 aromatic rings. The lowest BCUT2D eigenvalue weighted by molar-refractivity contribution is 0.257. The average molecular weight is 345 g/mol. The fourth-order valence-corrected chi connectivity index (χ4v) is 2.95. The van der Waals surface area contributed by atoms with Crippen molar-refractivity contribution < 1.29 is 21.7 Å². The molecule has 0 atom stereocenters. The van der Waals surface area contributed by atoms with Gasteiger partial charge in [-0.1, -0.05) is 26.7 Å². The third-order valence-electron chi connectivity index (χ3n) is 2.91. The van der Waals surface area contributed by atoms with E-state index in [1.807, 2.05) is 6.92 Å². The lowest BCUT2D eigenvalue weighted by Crippen LogP contribution is -2.20. The Kier molecular flexibility index (Phi) is 14.2. The topological polar surface area (TPSA) is 78.9 Å². The summed E-state index contributed by atoms with van der Waals surface area (Å²) in [6.45, 7) is 12.7. The van der Waals surface area contributed by atoms with Gasteiger partial charge in [0.05, 0.1) is 26.5 Å². The van der Waals surface area contributed by atoms with Crippen LogP contribution in [-0.4, -0.2) is 57.8 Å². The summed E-state index contributed by atoms with van der Waals surface area (Å²) in [4.78, 5) is 0. The van der Waals surface area contributed by atoms with Gasteiger partial charge < -0.3 is 4.55 Å². The SMILES string of the molecule is CCCCOS(=O)(=O)[O-].CCCCO[P+](C)(C)N(C)CC. The second kappa shape index (κ2) is 12.7. The highest BCUT2D eigenvalue weighted by atomic mass is 32.3. The summed E-state index contributed by atoms with van der Waals surface area (Å²) < 4.78 is 41.3. The molecule has 8 heteroatoms. The molecule has 0 aromatic heterocycles. The molecule has 21 heavy (non-hydrogen) atoms. The molecule has 0 saturated heterocycles. The molecule has 0 heterocycles. The second-order valence-corrected chi connectivity index (χ2v) is 9.62. The van der Waals surface area contributed by atoms with Crippen LogP contribution in [0.25, 0.3) is 0 Å². The minimum atomic E-state index is -4.45. The summed E-state index contributed by atoms with van der Waals surface area (Å²) in [6.07, 6.45) is 3.81. The fraction of sp³-hybridized carbons (Fsp3) is 1.00. The van der Waals surface area contributed by atoms with Crippen LogP contribution < -0.4 is 0 Å². The molecule has 130 valence electrons. The summed E-state index contributed by atoms with van der Waals surface area (Å²) in [5.41, 5.74) is 0. The first-order chi connectivity index (χ1) is 9.60. The average Bonchev–Trinajstić information content (AvgIpc) is 2.37. The highest BCUT2D eigenvalue weighted by Crippen LogP contribution is 2.54. The molecule has 0 fully saturated rings. The van der Waals surface area contributed by atoms with Crippen molar-refractivity contribution >= 4 is 18.0 Å². The normalized spacial score (nSPS) is 12.2. The van der Waals surface area contributed by atoms with Crippen LogP contribution in [0.5, 0.6) is 0 Å². The van der Waals surface area contributed by atoms with E-state index < -0.39 is 18.0 Å². The number of nitrogens with zero attached hydrogens (tertiary/aromatic N) is 1. The Hall–Kier alpha value is 0.220. The molecule has 0 rings (SSSR count). The van der Waals surface area contributed by atoms with Crippen LogP contribution in [-0.2, 0) is 19.1 Å². The van der Waals surface area contributed by atoms with Crippen LogP contribution in [0.15, 0.2) is 0 Å². The van der Waals surface area contributed by atoms with Crippen LogP contribution in [0.1, 0.15) is 46.5 Å². The van der Waals surface area contributed by atoms with E-state index in [0.717, 1.165) is 19.6 Å². The van der Waals surface area contributed by atoms with Crippen LogP contribution >= 0.6 is 7.64 Å². The van der Waals surface area contributed by atoms with Crippen molar-refractivity contribution in [1.82, 2.24) is 4.67 Å². The molecule has 0 saturated carbocycles. The summed E-state index contributed by atoms with van der Waals surface area (Å²) in [5.74, 6) is 0. The molecular formula is C13H32NO5PS. The van der Waals surface area contributed by atoms with Crippen molar-refractivity contribution in [1.29, 1.82) is 0 Å². The first kappa shape index (κ1) is 23.5. The lowest BCUT2D eigenvalue weighted by atomic mass is 10.4. The number of rotatable bonds is 10. The molecular weight excluding hydrogens is 313 g/mol. The molecule has 0 radical (unpaired) electrons. The van der Waals surface area contributed by atoms with E-state index in [4.69, 9.17) is 4.52 Å². The van der Waals surface area contributed by atoms with Crippen LogP contribution in [0.3, 0.4) is 0 Å². The standard InChI is InChI=1S/C9H23NOP.C4H10O4S/c1-6-8-9-11-12(4,5)10(3)7-2;1-2-3-4-8-9(5,6)7/h6-9H2,1-5H3;2-4H2,1H3,(H,5,6,7)/q+1;/p-1. The van der Waals surface area contributed by atoms with Gasteiger partial charge in [0.1, 0.15) is 0 Å². The smallest absolute Gasteiger partial charge is 0.217 e. The maximum Gasteiger partial charge on any atom is 0.217 e. The first-order valence-corrected chi connectivity index (χ1v) is 11.3. The Morgan fingerprint density at radius 2 is 1.52 bits per heavy atom. The monoisotopic (exact) mass is 345 g/mol. The molecule has 6 nitrogen and oxygen atoms in total. The minimum absolute atomic E-state index is 0.00231. The molecule has 0 N–H and O–H groups in total. The van der Waals surface area contributed by atoms with Gasteiger partial charge in [-0.25, -0.2) is 12.9 Å². The molecule has 0 aliphatic heterocycles. The van der Waals surface area contributed by atoms with E-state index in [9.17, 15) is 13.0 Å². The number of unbranched alkanes of at least 4 members (excludes halogenated alkanes) is 2. The van der Waals surface area contributed by atoms with E-state index in [1.165, 1.54) is 12.8 Å². The van der Waals surface area contributed by atoms with Gasteiger partial charge in [-0.05, 0) is 19.8 Å². The zero-order valence-corrected chi connectivity index (χ0v) is 16.0. The largest absolute Gasteiger partial charge is 0.726 e. The maximum absolute atomic E-state index is 9.73. The zero-order valence-electron chi connectivity index (χ0n) is 14.3. The van der Waals surface area contributed by atoms with Gasteiger partial charge in [0.2, 0.25) is 18.0 Å². The highest BCUT2D eigenvalue weighted by molar-refractivity contribution is 7.80. The fourth-order valence-electron chi connectivity index (χ4n) is 1.18. The van der Waals surface area contributed by atoms with Gasteiger partial charge in [0.15, 0.2) is 0 Å². The van der Waals surface area contributed by atoms with Gasteiger partial charge in [0.25, 0.3) is 0 Å². The van der Waals surface area contributed by atoms with Crippen LogP contribution in [0.2, 0.25) is 0 Å². The lowest BCUT2D eigenvalue weighted by Gasteiger charge is -2.24. The summed E-state index contributed by atoms with van der Waals surface area (Å²) >= 11 is 0. The zero-order chi connectivity index (χ0) is 16.9. The molecule has 0 unspecified atom stereocenters. The third-order valence-corrected chi connectivity index (χ3v) is 6.11. The summed E-state index contributed by atoms with van der Waals surface area (Å²) in [5, 5.41) is 0. The van der Waals surface area contributed by atoms with Crippen molar-refractivity contribution in [3.05, 3.63) is 0 Å². The maximum atomic E-state index is 9.73. The Morgan fingerprint density at radius 3 is 1.90 bits per heavy atom. The van der Waals surface area contributed by atoms with Crippen LogP contribution in [0, 0.1) is 0 Å². The predicted molar refractivity (Wildman–Crippen MR) is 88.5 cm³/mol.